The van der Waals surface area contributed by atoms with Crippen LogP contribution in [0.4, 0.5) is 8.78 Å². The molecule has 3 rings (SSSR count). The molecule has 0 bridgehead atoms. The summed E-state index contributed by atoms with van der Waals surface area (Å²) in [6.07, 6.45) is -2.59. The Morgan fingerprint density at radius 3 is 2.54 bits per heavy atom. The van der Waals surface area contributed by atoms with Crippen LogP contribution in [0, 0.1) is 6.92 Å². The Morgan fingerprint density at radius 2 is 1.92 bits per heavy atom. The largest absolute Gasteiger partial charge is 0.497 e. The Hall–Kier alpha value is -2.50. The lowest BCUT2D eigenvalue weighted by Gasteiger charge is -2.11. The average Bonchev–Trinajstić information content (AvgIpc) is 2.91. The van der Waals surface area contributed by atoms with E-state index in [0.717, 1.165) is 5.56 Å². The minimum Gasteiger partial charge on any atom is -0.497 e. The van der Waals surface area contributed by atoms with Crippen molar-refractivity contribution in [3.05, 3.63) is 41.6 Å². The van der Waals surface area contributed by atoms with Crippen LogP contribution in [0.5, 0.6) is 5.75 Å². The number of alkyl halides is 2. The zero-order valence-corrected chi connectivity index (χ0v) is 14.0. The molecule has 6 heteroatoms. The Bertz CT molecular complexity index is 887. The number of nitrogens with zero attached hydrogens (tertiary/aromatic N) is 3. The summed E-state index contributed by atoms with van der Waals surface area (Å²) >= 11 is 0. The number of rotatable bonds is 4. The second kappa shape index (κ2) is 6.19. The summed E-state index contributed by atoms with van der Waals surface area (Å²) in [6, 6.07) is 8.70. The molecule has 0 spiro atoms. The number of halogens is 2. The third-order valence-electron chi connectivity index (χ3n) is 3.96. The minimum absolute atomic E-state index is 0.0276. The zero-order chi connectivity index (χ0) is 17.4. The maximum Gasteiger partial charge on any atom is 0.264 e. The van der Waals surface area contributed by atoms with E-state index in [2.05, 4.69) is 10.1 Å². The molecule has 0 aliphatic heterocycles. The number of ether oxygens (including phenoxy) is 1. The lowest BCUT2D eigenvalue weighted by atomic mass is 10.1. The molecule has 0 unspecified atom stereocenters. The standard InChI is InChI=1S/C18H19F2N3O/c1-10(2)23-18-16(11(3)22-23)14(17(19)20)9-15(21-18)12-6-5-7-13(8-12)24-4/h5-10,17H,1-4H3. The summed E-state index contributed by atoms with van der Waals surface area (Å²) in [5.41, 5.74) is 2.23. The van der Waals surface area contributed by atoms with Crippen molar-refractivity contribution in [1.29, 1.82) is 0 Å². The number of aryl methyl sites for hydroxylation is 1. The van der Waals surface area contributed by atoms with Gasteiger partial charge in [0.15, 0.2) is 5.65 Å². The summed E-state index contributed by atoms with van der Waals surface area (Å²) in [7, 11) is 1.57. The fourth-order valence-corrected chi connectivity index (χ4v) is 2.81. The maximum absolute atomic E-state index is 13.6. The number of methoxy groups -OCH3 is 1. The quantitative estimate of drug-likeness (QED) is 0.680. The fourth-order valence-electron chi connectivity index (χ4n) is 2.81. The van der Waals surface area contributed by atoms with Crippen molar-refractivity contribution in [1.82, 2.24) is 14.8 Å². The van der Waals surface area contributed by atoms with Gasteiger partial charge in [0.1, 0.15) is 5.75 Å². The van der Waals surface area contributed by atoms with Gasteiger partial charge in [-0.3, -0.25) is 0 Å². The Labute approximate surface area is 139 Å². The third-order valence-corrected chi connectivity index (χ3v) is 3.96. The molecule has 0 saturated carbocycles. The smallest absolute Gasteiger partial charge is 0.264 e. The molecular formula is C18H19F2N3O. The fraction of sp³-hybridized carbons (Fsp3) is 0.333. The number of pyridine rings is 1. The van der Waals surface area contributed by atoms with E-state index in [-0.39, 0.29) is 11.6 Å². The van der Waals surface area contributed by atoms with Crippen LogP contribution in [-0.2, 0) is 0 Å². The molecule has 1 aromatic carbocycles. The molecule has 0 saturated heterocycles. The van der Waals surface area contributed by atoms with Crippen LogP contribution in [0.2, 0.25) is 0 Å². The third kappa shape index (κ3) is 2.72. The van der Waals surface area contributed by atoms with Gasteiger partial charge in [0.25, 0.3) is 6.43 Å². The number of fused-ring (bicyclic) bond motifs is 1. The van der Waals surface area contributed by atoms with E-state index in [0.29, 0.717) is 28.2 Å². The van der Waals surface area contributed by atoms with Crippen molar-refractivity contribution in [2.45, 2.75) is 33.2 Å². The van der Waals surface area contributed by atoms with Crippen LogP contribution in [0.3, 0.4) is 0 Å². The zero-order valence-electron chi connectivity index (χ0n) is 14.0. The van der Waals surface area contributed by atoms with Crippen LogP contribution in [-0.4, -0.2) is 21.9 Å². The van der Waals surface area contributed by atoms with Crippen LogP contribution >= 0.6 is 0 Å². The molecule has 126 valence electrons. The average molecular weight is 331 g/mol. The van der Waals surface area contributed by atoms with Crippen molar-refractivity contribution in [3.63, 3.8) is 0 Å². The molecule has 2 heterocycles. The molecule has 0 atom stereocenters. The molecule has 24 heavy (non-hydrogen) atoms. The number of aromatic nitrogens is 3. The Kier molecular flexibility index (Phi) is 4.22. The van der Waals surface area contributed by atoms with E-state index in [1.165, 1.54) is 6.07 Å². The van der Waals surface area contributed by atoms with Crippen LogP contribution in [0.25, 0.3) is 22.3 Å². The van der Waals surface area contributed by atoms with Crippen LogP contribution in [0.1, 0.15) is 37.6 Å². The highest BCUT2D eigenvalue weighted by Crippen LogP contribution is 2.34. The van der Waals surface area contributed by atoms with Crippen molar-refractivity contribution in [3.8, 4) is 17.0 Å². The van der Waals surface area contributed by atoms with E-state index >= 15 is 0 Å². The second-order valence-corrected chi connectivity index (χ2v) is 5.95. The van der Waals surface area contributed by atoms with Gasteiger partial charge in [0.2, 0.25) is 0 Å². The van der Waals surface area contributed by atoms with Gasteiger partial charge < -0.3 is 4.74 Å². The predicted molar refractivity (Wildman–Crippen MR) is 89.6 cm³/mol. The Balaban J connectivity index is 2.31. The van der Waals surface area contributed by atoms with Crippen molar-refractivity contribution in [2.24, 2.45) is 0 Å². The van der Waals surface area contributed by atoms with Crippen molar-refractivity contribution in [2.75, 3.05) is 7.11 Å². The first kappa shape index (κ1) is 16.4. The molecule has 0 radical (unpaired) electrons. The summed E-state index contributed by atoms with van der Waals surface area (Å²) in [4.78, 5) is 4.62. The molecule has 0 fully saturated rings. The second-order valence-electron chi connectivity index (χ2n) is 5.95. The summed E-state index contributed by atoms with van der Waals surface area (Å²) in [5.74, 6) is 0.654. The predicted octanol–water partition coefficient (Wildman–Crippen LogP) is 4.93. The van der Waals surface area contributed by atoms with Gasteiger partial charge in [-0.15, -0.1) is 0 Å². The van der Waals surface area contributed by atoms with E-state index in [4.69, 9.17) is 4.74 Å². The van der Waals surface area contributed by atoms with Gasteiger partial charge in [0, 0.05) is 17.2 Å². The molecule has 3 aromatic rings. The first-order valence-electron chi connectivity index (χ1n) is 7.74. The molecule has 0 aliphatic rings. The molecule has 4 nitrogen and oxygen atoms in total. The van der Waals surface area contributed by atoms with Crippen molar-refractivity contribution >= 4 is 11.0 Å². The molecule has 0 amide bonds. The van der Waals surface area contributed by atoms with Gasteiger partial charge in [0.05, 0.1) is 23.9 Å². The number of benzene rings is 1. The molecule has 0 aliphatic carbocycles. The maximum atomic E-state index is 13.6. The number of hydrogen-bond donors (Lipinski definition) is 0. The molecule has 0 N–H and O–H groups in total. The summed E-state index contributed by atoms with van der Waals surface area (Å²) < 4.78 is 34.2. The molecule has 2 aromatic heterocycles. The lowest BCUT2D eigenvalue weighted by molar-refractivity contribution is 0.153. The van der Waals surface area contributed by atoms with Crippen LogP contribution < -0.4 is 4.74 Å². The van der Waals surface area contributed by atoms with E-state index in [1.807, 2.05) is 26.0 Å². The highest BCUT2D eigenvalue weighted by atomic mass is 19.3. The molecular weight excluding hydrogens is 312 g/mol. The van der Waals surface area contributed by atoms with Gasteiger partial charge >= 0.3 is 0 Å². The SMILES string of the molecule is COc1cccc(-c2cc(C(F)F)c3c(C)nn(C(C)C)c3n2)c1. The topological polar surface area (TPSA) is 39.9 Å². The lowest BCUT2D eigenvalue weighted by Crippen LogP contribution is -2.04. The first-order chi connectivity index (χ1) is 11.4. The Morgan fingerprint density at radius 1 is 1.17 bits per heavy atom. The summed E-state index contributed by atoms with van der Waals surface area (Å²) in [5, 5.41) is 4.83. The highest BCUT2D eigenvalue weighted by Gasteiger charge is 2.21. The normalized spacial score (nSPS) is 11.7. The summed E-state index contributed by atoms with van der Waals surface area (Å²) in [6.45, 7) is 5.64. The van der Waals surface area contributed by atoms with Gasteiger partial charge in [-0.25, -0.2) is 18.4 Å². The van der Waals surface area contributed by atoms with Crippen LogP contribution in [0.15, 0.2) is 30.3 Å². The van der Waals surface area contributed by atoms with E-state index in [1.54, 1.807) is 30.8 Å². The van der Waals surface area contributed by atoms with E-state index < -0.39 is 6.43 Å². The van der Waals surface area contributed by atoms with Gasteiger partial charge in [-0.1, -0.05) is 12.1 Å². The van der Waals surface area contributed by atoms with E-state index in [9.17, 15) is 8.78 Å². The van der Waals surface area contributed by atoms with Gasteiger partial charge in [-0.2, -0.15) is 5.10 Å². The van der Waals surface area contributed by atoms with Gasteiger partial charge in [-0.05, 0) is 39.0 Å². The highest BCUT2D eigenvalue weighted by molar-refractivity contribution is 5.85. The number of hydrogen-bond acceptors (Lipinski definition) is 3. The van der Waals surface area contributed by atoms with Crippen molar-refractivity contribution < 1.29 is 13.5 Å². The minimum atomic E-state index is -2.59. The monoisotopic (exact) mass is 331 g/mol. The first-order valence-corrected chi connectivity index (χ1v) is 7.74.